The maximum Gasteiger partial charge on any atom is 0.191 e. The van der Waals surface area contributed by atoms with Crippen LogP contribution in [0, 0.1) is 0 Å². The SMILES string of the molecule is CCNC(=NCc1c(CC)noc1CC)NCCc1ncc(CC)s1. The molecule has 25 heavy (non-hydrogen) atoms. The van der Waals surface area contributed by atoms with Crippen LogP contribution >= 0.6 is 11.3 Å². The molecular formula is C18H29N5OS. The first-order valence-corrected chi connectivity index (χ1v) is 9.95. The first-order valence-electron chi connectivity index (χ1n) is 9.13. The lowest BCUT2D eigenvalue weighted by atomic mass is 10.1. The average molecular weight is 364 g/mol. The van der Waals surface area contributed by atoms with Gasteiger partial charge in [0, 0.05) is 42.6 Å². The van der Waals surface area contributed by atoms with Gasteiger partial charge in [0.05, 0.1) is 17.2 Å². The lowest BCUT2D eigenvalue weighted by Gasteiger charge is -2.10. The van der Waals surface area contributed by atoms with Gasteiger partial charge in [0.2, 0.25) is 0 Å². The zero-order valence-electron chi connectivity index (χ0n) is 15.7. The van der Waals surface area contributed by atoms with E-state index in [1.165, 1.54) is 9.88 Å². The van der Waals surface area contributed by atoms with Crippen LogP contribution in [0.4, 0.5) is 0 Å². The van der Waals surface area contributed by atoms with Crippen LogP contribution in [0.15, 0.2) is 15.7 Å². The molecule has 6 nitrogen and oxygen atoms in total. The van der Waals surface area contributed by atoms with Crippen LogP contribution in [-0.4, -0.2) is 29.2 Å². The molecule has 0 aliphatic carbocycles. The second-order valence-corrected chi connectivity index (χ2v) is 6.88. The van der Waals surface area contributed by atoms with Crippen LogP contribution < -0.4 is 10.6 Å². The molecule has 2 N–H and O–H groups in total. The molecule has 0 aliphatic rings. The summed E-state index contributed by atoms with van der Waals surface area (Å²) in [5.74, 6) is 1.76. The third-order valence-electron chi connectivity index (χ3n) is 3.93. The number of nitrogens with zero attached hydrogens (tertiary/aromatic N) is 3. The molecule has 2 heterocycles. The highest BCUT2D eigenvalue weighted by molar-refractivity contribution is 7.11. The van der Waals surface area contributed by atoms with Crippen molar-refractivity contribution < 1.29 is 4.52 Å². The van der Waals surface area contributed by atoms with E-state index in [9.17, 15) is 0 Å². The highest BCUT2D eigenvalue weighted by Gasteiger charge is 2.13. The van der Waals surface area contributed by atoms with E-state index in [0.29, 0.717) is 6.54 Å². The van der Waals surface area contributed by atoms with Crippen LogP contribution in [0.1, 0.15) is 54.6 Å². The molecule has 0 aromatic carbocycles. The third kappa shape index (κ3) is 5.56. The lowest BCUT2D eigenvalue weighted by Crippen LogP contribution is -2.38. The third-order valence-corrected chi connectivity index (χ3v) is 5.13. The van der Waals surface area contributed by atoms with E-state index in [0.717, 1.165) is 61.7 Å². The quantitative estimate of drug-likeness (QED) is 0.529. The molecule has 0 bridgehead atoms. The van der Waals surface area contributed by atoms with Crippen LogP contribution in [0.3, 0.4) is 0 Å². The molecule has 2 rings (SSSR count). The van der Waals surface area contributed by atoms with E-state index in [4.69, 9.17) is 9.52 Å². The second-order valence-electron chi connectivity index (χ2n) is 5.68. The van der Waals surface area contributed by atoms with E-state index in [1.807, 2.05) is 6.20 Å². The van der Waals surface area contributed by atoms with Gasteiger partial charge in [-0.05, 0) is 19.8 Å². The van der Waals surface area contributed by atoms with Crippen molar-refractivity contribution in [1.82, 2.24) is 20.8 Å². The van der Waals surface area contributed by atoms with E-state index in [1.54, 1.807) is 11.3 Å². The Morgan fingerprint density at radius 3 is 2.64 bits per heavy atom. The highest BCUT2D eigenvalue weighted by Crippen LogP contribution is 2.17. The van der Waals surface area contributed by atoms with Crippen LogP contribution in [0.2, 0.25) is 0 Å². The molecule has 0 radical (unpaired) electrons. The maximum absolute atomic E-state index is 5.41. The fourth-order valence-electron chi connectivity index (χ4n) is 2.53. The van der Waals surface area contributed by atoms with Crippen molar-refractivity contribution in [3.63, 3.8) is 0 Å². The summed E-state index contributed by atoms with van der Waals surface area (Å²) >= 11 is 1.79. The normalized spacial score (nSPS) is 11.8. The minimum atomic E-state index is 0.586. The molecule has 0 unspecified atom stereocenters. The highest BCUT2D eigenvalue weighted by atomic mass is 32.1. The van der Waals surface area contributed by atoms with Crippen molar-refractivity contribution in [2.75, 3.05) is 13.1 Å². The Balaban J connectivity index is 1.94. The van der Waals surface area contributed by atoms with E-state index >= 15 is 0 Å². The predicted molar refractivity (Wildman–Crippen MR) is 103 cm³/mol. The summed E-state index contributed by atoms with van der Waals surface area (Å²) < 4.78 is 5.41. The number of aryl methyl sites for hydroxylation is 3. The van der Waals surface area contributed by atoms with Crippen molar-refractivity contribution in [2.24, 2.45) is 4.99 Å². The summed E-state index contributed by atoms with van der Waals surface area (Å²) in [5.41, 5.74) is 2.13. The fraction of sp³-hybridized carbons (Fsp3) is 0.611. The molecule has 2 aromatic rings. The minimum Gasteiger partial charge on any atom is -0.361 e. The van der Waals surface area contributed by atoms with E-state index in [-0.39, 0.29) is 0 Å². The van der Waals surface area contributed by atoms with Crippen LogP contribution in [0.5, 0.6) is 0 Å². The molecule has 7 heteroatoms. The van der Waals surface area contributed by atoms with Crippen LogP contribution in [0.25, 0.3) is 0 Å². The monoisotopic (exact) mass is 363 g/mol. The van der Waals surface area contributed by atoms with Gasteiger partial charge in [-0.1, -0.05) is 25.9 Å². The fourth-order valence-corrected chi connectivity index (χ4v) is 3.39. The summed E-state index contributed by atoms with van der Waals surface area (Å²) in [6.45, 7) is 10.6. The Kier molecular flexibility index (Phi) is 7.91. The Morgan fingerprint density at radius 2 is 2.00 bits per heavy atom. The lowest BCUT2D eigenvalue weighted by molar-refractivity contribution is 0.380. The molecule has 2 aromatic heterocycles. The topological polar surface area (TPSA) is 75.3 Å². The summed E-state index contributed by atoms with van der Waals surface area (Å²) in [4.78, 5) is 10.5. The number of nitrogens with one attached hydrogen (secondary N) is 2. The Hall–Kier alpha value is -1.89. The number of aliphatic imine (C=N–C) groups is 1. The molecule has 0 saturated heterocycles. The van der Waals surface area contributed by atoms with Gasteiger partial charge in [0.15, 0.2) is 5.96 Å². The zero-order chi connectivity index (χ0) is 18.1. The molecule has 0 saturated carbocycles. The Morgan fingerprint density at radius 1 is 1.16 bits per heavy atom. The van der Waals surface area contributed by atoms with E-state index in [2.05, 4.69) is 48.5 Å². The van der Waals surface area contributed by atoms with Crippen LogP contribution in [-0.2, 0) is 32.2 Å². The number of hydrogen-bond acceptors (Lipinski definition) is 5. The molecule has 0 spiro atoms. The number of hydrogen-bond donors (Lipinski definition) is 2. The first-order chi connectivity index (χ1) is 12.2. The summed E-state index contributed by atoms with van der Waals surface area (Å²) in [6.07, 6.45) is 5.63. The van der Waals surface area contributed by atoms with Gasteiger partial charge in [-0.3, -0.25) is 0 Å². The number of guanidine groups is 1. The largest absolute Gasteiger partial charge is 0.361 e. The zero-order valence-corrected chi connectivity index (χ0v) is 16.5. The number of thiazole rings is 1. The van der Waals surface area contributed by atoms with Crippen molar-refractivity contribution >= 4 is 17.3 Å². The van der Waals surface area contributed by atoms with Gasteiger partial charge in [0.25, 0.3) is 0 Å². The van der Waals surface area contributed by atoms with Crippen molar-refractivity contribution in [2.45, 2.75) is 59.9 Å². The van der Waals surface area contributed by atoms with Crippen molar-refractivity contribution in [3.8, 4) is 0 Å². The molecule has 138 valence electrons. The van der Waals surface area contributed by atoms with Gasteiger partial charge < -0.3 is 15.2 Å². The smallest absolute Gasteiger partial charge is 0.191 e. The van der Waals surface area contributed by atoms with Gasteiger partial charge in [0.1, 0.15) is 5.76 Å². The summed E-state index contributed by atoms with van der Waals surface area (Å²) in [5, 5.41) is 12.0. The van der Waals surface area contributed by atoms with E-state index < -0.39 is 0 Å². The van der Waals surface area contributed by atoms with Gasteiger partial charge >= 0.3 is 0 Å². The Labute approximate surface area is 154 Å². The summed E-state index contributed by atoms with van der Waals surface area (Å²) in [6, 6.07) is 0. The minimum absolute atomic E-state index is 0.586. The van der Waals surface area contributed by atoms with Crippen molar-refractivity contribution in [3.05, 3.63) is 33.1 Å². The molecule has 0 atom stereocenters. The number of aromatic nitrogens is 2. The molecular weight excluding hydrogens is 334 g/mol. The first kappa shape index (κ1) is 19.4. The van der Waals surface area contributed by atoms with Gasteiger partial charge in [-0.2, -0.15) is 0 Å². The van der Waals surface area contributed by atoms with Gasteiger partial charge in [-0.15, -0.1) is 11.3 Å². The van der Waals surface area contributed by atoms with Gasteiger partial charge in [-0.25, -0.2) is 9.98 Å². The Bertz CT molecular complexity index is 655. The molecule has 0 fully saturated rings. The molecule has 0 amide bonds. The average Bonchev–Trinajstić information content (AvgIpc) is 3.25. The number of rotatable bonds is 9. The van der Waals surface area contributed by atoms with Crippen molar-refractivity contribution in [1.29, 1.82) is 0 Å². The molecule has 0 aliphatic heterocycles. The summed E-state index contributed by atoms with van der Waals surface area (Å²) in [7, 11) is 0. The predicted octanol–water partition coefficient (Wildman–Crippen LogP) is 3.12. The second kappa shape index (κ2) is 10.2. The standard InChI is InChI=1S/C18H29N5OS/c1-5-13-11-21-17(25-13)9-10-20-18(19-8-4)22-12-14-15(6-2)23-24-16(14)7-3/h11H,5-10,12H2,1-4H3,(H2,19,20,22). The maximum atomic E-state index is 5.41.